The van der Waals surface area contributed by atoms with Crippen molar-refractivity contribution in [2.45, 2.75) is 92.3 Å². The lowest BCUT2D eigenvalue weighted by Crippen LogP contribution is -2.35. The van der Waals surface area contributed by atoms with Crippen LogP contribution >= 0.6 is 0 Å². The van der Waals surface area contributed by atoms with Crippen LogP contribution in [0.3, 0.4) is 0 Å². The van der Waals surface area contributed by atoms with E-state index in [9.17, 15) is 0 Å². The lowest BCUT2D eigenvalue weighted by atomic mass is 9.79. The Morgan fingerprint density at radius 1 is 0.468 bits per heavy atom. The Morgan fingerprint density at radius 3 is 1.77 bits per heavy atom. The van der Waals surface area contributed by atoms with Gasteiger partial charge < -0.3 is 4.74 Å². The highest BCUT2D eigenvalue weighted by Gasteiger charge is 2.31. The van der Waals surface area contributed by atoms with Crippen LogP contribution < -0.4 is 9.30 Å². The minimum atomic E-state index is -2.62. The second-order valence-electron chi connectivity index (χ2n) is 24.3. The number of ether oxygens (including phenoxy) is 1. The third-order valence-corrected chi connectivity index (χ3v) is 15.9. The number of fused-ring (bicyclic) bond motifs is 10. The Hall–Kier alpha value is -8.80. The monoisotopic (exact) mass is 1030 g/mol. The van der Waals surface area contributed by atoms with Crippen molar-refractivity contribution in [2.75, 3.05) is 0 Å². The van der Waals surface area contributed by atoms with E-state index in [-0.39, 0.29) is 27.5 Å². The molecule has 5 heteroatoms. The van der Waals surface area contributed by atoms with E-state index in [0.717, 1.165) is 100 Å². The SMILES string of the molecule is [2H]C([2H])([2H])c1cccc(C([2H])([2H])[2H])c1-c1cc2c(c(C(C)(C)C)c1)-[n+]1[c-]n(-c3cccc(Oc4ccc5c6ccccc6n(-c6cc(C(C)(C)C)ccn6)c5c4)c3)c3cc(-c4ccc(C(C)(C)C)cc4)cc(c31)-c1ccccc1-c1ccccc1-2. The summed E-state index contributed by atoms with van der Waals surface area (Å²) in [6, 6.07) is 66.1. The molecule has 5 nitrogen and oxygen atoms in total. The molecule has 0 aliphatic carbocycles. The fraction of sp³-hybridized carbons (Fsp3) is 0.189. The van der Waals surface area contributed by atoms with Gasteiger partial charge in [0, 0.05) is 31.3 Å². The van der Waals surface area contributed by atoms with E-state index in [1.165, 1.54) is 23.3 Å². The van der Waals surface area contributed by atoms with Crippen LogP contribution in [-0.4, -0.2) is 14.1 Å². The van der Waals surface area contributed by atoms with Gasteiger partial charge in [-0.1, -0.05) is 190 Å². The Kier molecular flexibility index (Phi) is 10.1. The third kappa shape index (κ3) is 8.55. The molecule has 1 aliphatic rings. The molecule has 13 rings (SSSR count). The molecule has 9 aromatic carbocycles. The maximum absolute atomic E-state index is 8.80. The summed E-state index contributed by atoms with van der Waals surface area (Å²) < 4.78 is 66.3. The lowest BCUT2D eigenvalue weighted by molar-refractivity contribution is -0.572. The fourth-order valence-corrected chi connectivity index (χ4v) is 11.8. The van der Waals surface area contributed by atoms with Gasteiger partial charge in [0.25, 0.3) is 6.33 Å². The second kappa shape index (κ2) is 18.4. The normalized spacial score (nSPS) is 13.9. The highest BCUT2D eigenvalue weighted by atomic mass is 16.5. The standard InChI is InChI=1S/C74H66N4O/c1-46-20-18-21-47(2)69(46)50-39-62-58-26-14-12-24-56(58)57-25-13-15-27-59(57)63-38-49(48-30-32-51(33-31-48)72(3,4)5)41-67-71(63)77(70(62)64(40-50)74(9,10)11)45-76(67)53-22-19-23-54(43-53)79-55-34-35-61-60-28-16-17-29-65(60)78(66(61)44-55)68-42-52(36-37-75-68)73(6,7)8/h12-44H,1-11H3/i1D3,2D3. The van der Waals surface area contributed by atoms with E-state index in [1.54, 1.807) is 6.07 Å². The molecule has 12 aromatic rings. The minimum absolute atomic E-state index is 0.0175. The molecule has 0 unspecified atom stereocenters. The number of pyridine rings is 1. The first kappa shape index (κ1) is 43.2. The number of imidazole rings is 1. The van der Waals surface area contributed by atoms with Gasteiger partial charge in [0.15, 0.2) is 0 Å². The van der Waals surface area contributed by atoms with Crippen molar-refractivity contribution in [1.29, 1.82) is 0 Å². The van der Waals surface area contributed by atoms with E-state index in [1.807, 2.05) is 42.6 Å². The number of benzene rings is 9. The average molecular weight is 1030 g/mol. The number of hydrogen-bond donors (Lipinski definition) is 0. The highest BCUT2D eigenvalue weighted by molar-refractivity contribution is 6.09. The number of aryl methyl sites for hydroxylation is 2. The van der Waals surface area contributed by atoms with E-state index in [0.29, 0.717) is 17.1 Å². The molecule has 4 heterocycles. The van der Waals surface area contributed by atoms with Crippen LogP contribution in [0.1, 0.15) is 98.4 Å². The second-order valence-corrected chi connectivity index (χ2v) is 24.3. The summed E-state index contributed by atoms with van der Waals surface area (Å²) in [6.07, 6.45) is 5.87. The number of nitrogens with zero attached hydrogens (tertiary/aromatic N) is 4. The fourth-order valence-electron chi connectivity index (χ4n) is 11.8. The molecule has 0 amide bonds. The Bertz CT molecular complexity index is 4620. The van der Waals surface area contributed by atoms with Gasteiger partial charge in [0.1, 0.15) is 17.3 Å². The molecule has 388 valence electrons. The summed E-state index contributed by atoms with van der Waals surface area (Å²) >= 11 is 0. The zero-order valence-electron chi connectivity index (χ0n) is 52.2. The molecular formula is C74H66N4O. The molecule has 0 saturated carbocycles. The van der Waals surface area contributed by atoms with Crippen LogP contribution in [0.2, 0.25) is 0 Å². The van der Waals surface area contributed by atoms with Crippen molar-refractivity contribution in [1.82, 2.24) is 14.1 Å². The van der Waals surface area contributed by atoms with E-state index in [4.69, 9.17) is 17.9 Å². The third-order valence-electron chi connectivity index (χ3n) is 15.9. The van der Waals surface area contributed by atoms with E-state index < -0.39 is 19.1 Å². The van der Waals surface area contributed by atoms with Crippen molar-refractivity contribution >= 4 is 32.8 Å². The predicted octanol–water partition coefficient (Wildman–Crippen LogP) is 19.1. The summed E-state index contributed by atoms with van der Waals surface area (Å²) in [5.74, 6) is 2.13. The summed E-state index contributed by atoms with van der Waals surface area (Å²) in [7, 11) is 0. The van der Waals surface area contributed by atoms with Crippen LogP contribution in [-0.2, 0) is 16.2 Å². The number of hydrogen-bond acceptors (Lipinski definition) is 2. The first-order chi connectivity index (χ1) is 40.3. The topological polar surface area (TPSA) is 35.9 Å². The number of para-hydroxylation sites is 1. The van der Waals surface area contributed by atoms with Gasteiger partial charge in [-0.3, -0.25) is 13.7 Å². The van der Waals surface area contributed by atoms with Crippen LogP contribution in [0, 0.1) is 20.0 Å². The van der Waals surface area contributed by atoms with Crippen LogP contribution in [0.4, 0.5) is 0 Å². The van der Waals surface area contributed by atoms with Crippen molar-refractivity contribution < 1.29 is 17.5 Å². The van der Waals surface area contributed by atoms with Crippen molar-refractivity contribution in [3.8, 4) is 84.3 Å². The van der Waals surface area contributed by atoms with E-state index >= 15 is 0 Å². The predicted molar refractivity (Wildman–Crippen MR) is 329 cm³/mol. The molecule has 0 fully saturated rings. The number of aromatic nitrogens is 4. The van der Waals surface area contributed by atoms with Gasteiger partial charge >= 0.3 is 0 Å². The average Bonchev–Trinajstić information content (AvgIpc) is 1.70. The summed E-state index contributed by atoms with van der Waals surface area (Å²) in [6.45, 7) is 14.6. The van der Waals surface area contributed by atoms with Gasteiger partial charge in [-0.2, -0.15) is 0 Å². The van der Waals surface area contributed by atoms with Crippen molar-refractivity contribution in [3.05, 3.63) is 234 Å². The lowest BCUT2D eigenvalue weighted by Gasteiger charge is -2.28. The first-order valence-corrected chi connectivity index (χ1v) is 27.3. The van der Waals surface area contributed by atoms with Gasteiger partial charge in [-0.05, 0) is 174 Å². The molecule has 0 atom stereocenters. The van der Waals surface area contributed by atoms with Gasteiger partial charge in [0.2, 0.25) is 0 Å². The number of rotatable bonds is 6. The molecule has 0 saturated heterocycles. The maximum atomic E-state index is 8.80. The molecule has 0 spiro atoms. The molecule has 79 heavy (non-hydrogen) atoms. The molecule has 1 aliphatic heterocycles. The van der Waals surface area contributed by atoms with Crippen LogP contribution in [0.15, 0.2) is 200 Å². The Balaban J connectivity index is 1.08. The smallest absolute Gasteiger partial charge is 0.269 e. The largest absolute Gasteiger partial charge is 0.458 e. The Morgan fingerprint density at radius 2 is 1.09 bits per heavy atom. The maximum Gasteiger partial charge on any atom is 0.269 e. The van der Waals surface area contributed by atoms with Gasteiger partial charge in [0.05, 0.1) is 33.4 Å². The summed E-state index contributed by atoms with van der Waals surface area (Å²) in [5, 5.41) is 2.22. The van der Waals surface area contributed by atoms with E-state index in [2.05, 4.69) is 222 Å². The quantitative estimate of drug-likeness (QED) is 0.123. The van der Waals surface area contributed by atoms with Crippen LogP contribution in [0.5, 0.6) is 11.5 Å². The van der Waals surface area contributed by atoms with Gasteiger partial charge in [-0.25, -0.2) is 4.98 Å². The molecular weight excluding hydrogens is 961 g/mol. The molecule has 0 radical (unpaired) electrons. The molecule has 0 N–H and O–H groups in total. The highest BCUT2D eigenvalue weighted by Crippen LogP contribution is 2.48. The van der Waals surface area contributed by atoms with Crippen molar-refractivity contribution in [2.24, 2.45) is 0 Å². The van der Waals surface area contributed by atoms with Crippen molar-refractivity contribution in [3.63, 3.8) is 0 Å². The van der Waals surface area contributed by atoms with Crippen LogP contribution in [0.25, 0.3) is 106 Å². The Labute approximate surface area is 473 Å². The first-order valence-electron chi connectivity index (χ1n) is 30.3. The zero-order valence-corrected chi connectivity index (χ0v) is 46.2. The zero-order chi connectivity index (χ0) is 59.7. The molecule has 3 aromatic heterocycles. The summed E-state index contributed by atoms with van der Waals surface area (Å²) in [4.78, 5) is 4.93. The summed E-state index contributed by atoms with van der Waals surface area (Å²) in [5.41, 5.74) is 16.5. The minimum Gasteiger partial charge on any atom is -0.458 e. The van der Waals surface area contributed by atoms with Gasteiger partial charge in [-0.15, -0.1) is 0 Å². The molecule has 0 bridgehead atoms.